The van der Waals surface area contributed by atoms with Crippen LogP contribution in [-0.2, 0) is 0 Å². The molecule has 0 spiro atoms. The van der Waals surface area contributed by atoms with E-state index in [0.717, 1.165) is 13.1 Å². The second kappa shape index (κ2) is 5.05. The van der Waals surface area contributed by atoms with Gasteiger partial charge in [0.2, 0.25) is 0 Å². The molecule has 0 saturated carbocycles. The Morgan fingerprint density at radius 2 is 2.12 bits per heavy atom. The van der Waals surface area contributed by atoms with Crippen molar-refractivity contribution < 1.29 is 0 Å². The summed E-state index contributed by atoms with van der Waals surface area (Å²) in [6, 6.07) is 5.04. The molecule has 1 atom stereocenters. The Labute approximate surface area is 104 Å². The van der Waals surface area contributed by atoms with Crippen molar-refractivity contribution in [2.75, 3.05) is 32.1 Å². The third-order valence-corrected chi connectivity index (χ3v) is 3.62. The van der Waals surface area contributed by atoms with E-state index in [1.165, 1.54) is 17.8 Å². The zero-order valence-corrected chi connectivity index (χ0v) is 11.3. The van der Waals surface area contributed by atoms with Gasteiger partial charge in [0, 0.05) is 24.8 Å². The van der Waals surface area contributed by atoms with Crippen LogP contribution in [0.25, 0.3) is 0 Å². The van der Waals surface area contributed by atoms with Crippen LogP contribution in [0.15, 0.2) is 18.3 Å². The predicted octanol–water partition coefficient (Wildman–Crippen LogP) is 2.35. The summed E-state index contributed by atoms with van der Waals surface area (Å²) in [7, 11) is 4.32. The van der Waals surface area contributed by atoms with E-state index in [9.17, 15) is 0 Å². The normalized spacial score (nSPS) is 20.6. The van der Waals surface area contributed by atoms with Crippen molar-refractivity contribution in [3.8, 4) is 0 Å². The average molecular weight is 233 g/mol. The Morgan fingerprint density at radius 3 is 2.59 bits per heavy atom. The fraction of sp³-hybridized carbons (Fsp3) is 0.643. The summed E-state index contributed by atoms with van der Waals surface area (Å²) in [6.07, 6.45) is 3.27. The number of nitrogens with zero attached hydrogens (tertiary/aromatic N) is 3. The first-order valence-corrected chi connectivity index (χ1v) is 6.45. The van der Waals surface area contributed by atoms with Crippen LogP contribution in [0.4, 0.5) is 5.69 Å². The lowest BCUT2D eigenvalue weighted by atomic mass is 10.1. The van der Waals surface area contributed by atoms with Gasteiger partial charge in [-0.2, -0.15) is 0 Å². The summed E-state index contributed by atoms with van der Waals surface area (Å²) >= 11 is 0. The maximum absolute atomic E-state index is 4.54. The lowest BCUT2D eigenvalue weighted by molar-refractivity contribution is 0.315. The number of anilines is 1. The highest BCUT2D eigenvalue weighted by Gasteiger charge is 2.24. The van der Waals surface area contributed by atoms with Gasteiger partial charge in [-0.15, -0.1) is 0 Å². The summed E-state index contributed by atoms with van der Waals surface area (Å²) in [5.74, 6) is 0.511. The largest absolute Gasteiger partial charge is 0.369 e. The van der Waals surface area contributed by atoms with Crippen molar-refractivity contribution in [1.82, 2.24) is 9.88 Å². The van der Waals surface area contributed by atoms with Gasteiger partial charge in [-0.1, -0.05) is 13.8 Å². The van der Waals surface area contributed by atoms with E-state index in [-0.39, 0.29) is 0 Å². The molecular weight excluding hydrogens is 210 g/mol. The van der Waals surface area contributed by atoms with Crippen LogP contribution in [-0.4, -0.2) is 43.1 Å². The van der Waals surface area contributed by atoms with Gasteiger partial charge in [0.25, 0.3) is 0 Å². The number of pyridine rings is 1. The molecule has 0 radical (unpaired) electrons. The molecule has 0 bridgehead atoms. The Hall–Kier alpha value is -1.09. The molecule has 1 unspecified atom stereocenters. The standard InChI is InChI=1S/C14H23N3/c1-11(2)14-6-5-12(9-15-14)17-8-7-13(10-17)16(3)4/h5-6,9,11,13H,7-8,10H2,1-4H3. The van der Waals surface area contributed by atoms with Gasteiger partial charge in [-0.05, 0) is 38.6 Å². The summed E-state index contributed by atoms with van der Waals surface area (Å²) in [4.78, 5) is 9.29. The van der Waals surface area contributed by atoms with Gasteiger partial charge in [0.05, 0.1) is 11.9 Å². The monoisotopic (exact) mass is 233 g/mol. The second-order valence-corrected chi connectivity index (χ2v) is 5.45. The molecule has 1 fully saturated rings. The summed E-state index contributed by atoms with van der Waals surface area (Å²) < 4.78 is 0. The van der Waals surface area contributed by atoms with Crippen molar-refractivity contribution in [3.05, 3.63) is 24.0 Å². The highest BCUT2D eigenvalue weighted by atomic mass is 15.2. The molecule has 17 heavy (non-hydrogen) atoms. The van der Waals surface area contributed by atoms with Crippen LogP contribution in [0.5, 0.6) is 0 Å². The first kappa shape index (κ1) is 12.4. The van der Waals surface area contributed by atoms with Crippen molar-refractivity contribution in [2.45, 2.75) is 32.2 Å². The van der Waals surface area contributed by atoms with E-state index in [4.69, 9.17) is 0 Å². The van der Waals surface area contributed by atoms with Gasteiger partial charge in [-0.25, -0.2) is 0 Å². The molecule has 0 N–H and O–H groups in total. The molecule has 0 aliphatic carbocycles. The Bertz CT molecular complexity index is 356. The molecule has 1 aliphatic rings. The number of likely N-dealkylation sites (N-methyl/N-ethyl adjacent to an activating group) is 1. The number of aromatic nitrogens is 1. The SMILES string of the molecule is CC(C)c1ccc(N2CCC(N(C)C)C2)cn1. The van der Waals surface area contributed by atoms with Gasteiger partial charge in [0.15, 0.2) is 0 Å². The fourth-order valence-electron chi connectivity index (χ4n) is 2.32. The third kappa shape index (κ3) is 2.78. The molecule has 2 rings (SSSR count). The van der Waals surface area contributed by atoms with E-state index in [1.54, 1.807) is 0 Å². The molecule has 1 aromatic rings. The maximum Gasteiger partial charge on any atom is 0.0553 e. The average Bonchev–Trinajstić information content (AvgIpc) is 2.78. The quantitative estimate of drug-likeness (QED) is 0.799. The van der Waals surface area contributed by atoms with E-state index in [2.05, 4.69) is 54.9 Å². The number of hydrogen-bond acceptors (Lipinski definition) is 3. The maximum atomic E-state index is 4.54. The summed E-state index contributed by atoms with van der Waals surface area (Å²) in [6.45, 7) is 6.63. The molecule has 2 heterocycles. The summed E-state index contributed by atoms with van der Waals surface area (Å²) in [5, 5.41) is 0. The molecule has 1 aromatic heterocycles. The number of hydrogen-bond donors (Lipinski definition) is 0. The van der Waals surface area contributed by atoms with E-state index in [1.807, 2.05) is 6.20 Å². The van der Waals surface area contributed by atoms with Gasteiger partial charge < -0.3 is 9.80 Å². The number of rotatable bonds is 3. The zero-order valence-electron chi connectivity index (χ0n) is 11.3. The van der Waals surface area contributed by atoms with Crippen LogP contribution in [0.1, 0.15) is 31.9 Å². The van der Waals surface area contributed by atoms with E-state index >= 15 is 0 Å². The van der Waals surface area contributed by atoms with E-state index in [0.29, 0.717) is 12.0 Å². The van der Waals surface area contributed by atoms with Gasteiger partial charge in [-0.3, -0.25) is 4.98 Å². The van der Waals surface area contributed by atoms with Crippen LogP contribution >= 0.6 is 0 Å². The zero-order chi connectivity index (χ0) is 12.4. The van der Waals surface area contributed by atoms with Crippen molar-refractivity contribution in [3.63, 3.8) is 0 Å². The topological polar surface area (TPSA) is 19.4 Å². The lowest BCUT2D eigenvalue weighted by Gasteiger charge is -2.21. The Kier molecular flexibility index (Phi) is 3.67. The molecule has 1 aliphatic heterocycles. The Morgan fingerprint density at radius 1 is 1.35 bits per heavy atom. The molecule has 94 valence electrons. The highest BCUT2D eigenvalue weighted by Crippen LogP contribution is 2.22. The molecule has 3 heteroatoms. The summed E-state index contributed by atoms with van der Waals surface area (Å²) in [5.41, 5.74) is 2.44. The van der Waals surface area contributed by atoms with Gasteiger partial charge in [0.1, 0.15) is 0 Å². The predicted molar refractivity (Wildman–Crippen MR) is 72.6 cm³/mol. The van der Waals surface area contributed by atoms with Crippen LogP contribution in [0, 0.1) is 0 Å². The second-order valence-electron chi connectivity index (χ2n) is 5.45. The highest BCUT2D eigenvalue weighted by molar-refractivity contribution is 5.46. The molecule has 3 nitrogen and oxygen atoms in total. The molecule has 0 aromatic carbocycles. The molecular formula is C14H23N3. The lowest BCUT2D eigenvalue weighted by Crippen LogP contribution is -2.31. The minimum absolute atomic E-state index is 0.511. The Balaban J connectivity index is 2.04. The minimum Gasteiger partial charge on any atom is -0.369 e. The van der Waals surface area contributed by atoms with Crippen molar-refractivity contribution >= 4 is 5.69 Å². The van der Waals surface area contributed by atoms with Crippen molar-refractivity contribution in [1.29, 1.82) is 0 Å². The molecule has 1 saturated heterocycles. The van der Waals surface area contributed by atoms with Crippen LogP contribution in [0.3, 0.4) is 0 Å². The minimum atomic E-state index is 0.511. The van der Waals surface area contributed by atoms with Crippen LogP contribution < -0.4 is 4.90 Å². The van der Waals surface area contributed by atoms with Gasteiger partial charge >= 0.3 is 0 Å². The fourth-order valence-corrected chi connectivity index (χ4v) is 2.32. The first-order valence-electron chi connectivity index (χ1n) is 6.45. The third-order valence-electron chi connectivity index (χ3n) is 3.62. The van der Waals surface area contributed by atoms with Crippen molar-refractivity contribution in [2.24, 2.45) is 0 Å². The smallest absolute Gasteiger partial charge is 0.0553 e. The van der Waals surface area contributed by atoms with Crippen LogP contribution in [0.2, 0.25) is 0 Å². The first-order chi connectivity index (χ1) is 8.08. The van der Waals surface area contributed by atoms with E-state index < -0.39 is 0 Å². The molecule has 0 amide bonds.